The lowest BCUT2D eigenvalue weighted by atomic mass is 10.1. The fourth-order valence-corrected chi connectivity index (χ4v) is 1.08. The molecule has 0 aliphatic carbocycles. The predicted octanol–water partition coefficient (Wildman–Crippen LogP) is 0.538. The van der Waals surface area contributed by atoms with Crippen molar-refractivity contribution < 1.29 is 5.11 Å². The first kappa shape index (κ1) is 9.06. The smallest absolute Gasteiger partial charge is 0.129 e. The number of nitrogens with two attached hydrogens (primary N) is 1. The second-order valence-corrected chi connectivity index (χ2v) is 3.51. The fourth-order valence-electron chi connectivity index (χ4n) is 1.08. The van der Waals surface area contributed by atoms with E-state index in [1.807, 2.05) is 14.0 Å². The summed E-state index contributed by atoms with van der Waals surface area (Å²) in [6, 6.07) is 0. The molecule has 0 bridgehead atoms. The van der Waals surface area contributed by atoms with Gasteiger partial charge in [-0.1, -0.05) is 0 Å². The van der Waals surface area contributed by atoms with Gasteiger partial charge in [0.1, 0.15) is 22.9 Å². The zero-order valence-corrected chi connectivity index (χ0v) is 7.92. The Kier molecular flexibility index (Phi) is 1.88. The Morgan fingerprint density at radius 2 is 2.00 bits per heavy atom. The summed E-state index contributed by atoms with van der Waals surface area (Å²) in [4.78, 5) is 4.17. The maximum absolute atomic E-state index is 9.65. The van der Waals surface area contributed by atoms with E-state index in [0.717, 1.165) is 5.82 Å². The minimum atomic E-state index is -0.962. The van der Waals surface area contributed by atoms with E-state index in [9.17, 15) is 5.11 Å². The van der Waals surface area contributed by atoms with Crippen molar-refractivity contribution in [1.82, 2.24) is 9.55 Å². The molecule has 0 fully saturated rings. The Morgan fingerprint density at radius 3 is 2.17 bits per heavy atom. The zero-order valence-electron chi connectivity index (χ0n) is 7.92. The molecule has 12 heavy (non-hydrogen) atoms. The topological polar surface area (TPSA) is 64.1 Å². The summed E-state index contributed by atoms with van der Waals surface area (Å²) in [5.74, 6) is 1.34. The number of hydrogen-bond acceptors (Lipinski definition) is 3. The van der Waals surface area contributed by atoms with E-state index in [1.165, 1.54) is 0 Å². The number of aliphatic hydroxyl groups is 1. The highest BCUT2D eigenvalue weighted by atomic mass is 16.3. The summed E-state index contributed by atoms with van der Waals surface area (Å²) in [5.41, 5.74) is 5.31. The fraction of sp³-hybridized carbons (Fsp3) is 0.625. The Hall–Kier alpha value is -1.03. The molecule has 0 radical (unpaired) electrons. The van der Waals surface area contributed by atoms with Gasteiger partial charge in [0.2, 0.25) is 0 Å². The van der Waals surface area contributed by atoms with Gasteiger partial charge in [-0.25, -0.2) is 4.98 Å². The molecule has 4 nitrogen and oxygen atoms in total. The first-order chi connectivity index (χ1) is 5.34. The predicted molar refractivity (Wildman–Crippen MR) is 47.6 cm³/mol. The molecule has 0 aromatic carbocycles. The molecule has 68 valence electrons. The van der Waals surface area contributed by atoms with Crippen LogP contribution in [0.5, 0.6) is 0 Å². The van der Waals surface area contributed by atoms with Gasteiger partial charge in [-0.3, -0.25) is 0 Å². The monoisotopic (exact) mass is 169 g/mol. The third kappa shape index (κ3) is 1.30. The number of anilines is 1. The number of hydrogen-bond donors (Lipinski definition) is 2. The largest absolute Gasteiger partial charge is 0.384 e. The SMILES string of the molecule is Cc1nc(C(C)(C)O)c(N)n1C. The van der Waals surface area contributed by atoms with Gasteiger partial charge in [0, 0.05) is 7.05 Å². The van der Waals surface area contributed by atoms with Crippen LogP contribution in [-0.2, 0) is 12.6 Å². The Labute approximate surface area is 72.0 Å². The lowest BCUT2D eigenvalue weighted by molar-refractivity contribution is 0.0750. The van der Waals surface area contributed by atoms with E-state index in [1.54, 1.807) is 18.4 Å². The molecule has 1 rings (SSSR count). The van der Waals surface area contributed by atoms with Crippen LogP contribution in [0.2, 0.25) is 0 Å². The Balaban J connectivity index is 3.28. The third-order valence-corrected chi connectivity index (χ3v) is 1.94. The minimum absolute atomic E-state index is 0.528. The average Bonchev–Trinajstić information content (AvgIpc) is 2.15. The molecule has 0 saturated carbocycles. The van der Waals surface area contributed by atoms with E-state index in [0.29, 0.717) is 11.5 Å². The number of nitrogens with zero attached hydrogens (tertiary/aromatic N) is 2. The third-order valence-electron chi connectivity index (χ3n) is 1.94. The van der Waals surface area contributed by atoms with E-state index >= 15 is 0 Å². The van der Waals surface area contributed by atoms with Gasteiger partial charge in [0.25, 0.3) is 0 Å². The lowest BCUT2D eigenvalue weighted by Crippen LogP contribution is -2.18. The molecule has 1 aromatic heterocycles. The number of aromatic nitrogens is 2. The van der Waals surface area contributed by atoms with Gasteiger partial charge in [-0.2, -0.15) is 0 Å². The maximum Gasteiger partial charge on any atom is 0.129 e. The number of nitrogen functional groups attached to an aromatic ring is 1. The molecule has 0 aliphatic heterocycles. The van der Waals surface area contributed by atoms with Gasteiger partial charge < -0.3 is 15.4 Å². The molecule has 4 heteroatoms. The second kappa shape index (κ2) is 2.48. The van der Waals surface area contributed by atoms with Crippen molar-refractivity contribution in [3.8, 4) is 0 Å². The molecule has 0 unspecified atom stereocenters. The molecule has 0 saturated heterocycles. The molecule has 3 N–H and O–H groups in total. The summed E-state index contributed by atoms with van der Waals surface area (Å²) in [6.07, 6.45) is 0. The van der Waals surface area contributed by atoms with Gasteiger partial charge >= 0.3 is 0 Å². The zero-order chi connectivity index (χ0) is 9.52. The van der Waals surface area contributed by atoms with E-state index < -0.39 is 5.60 Å². The van der Waals surface area contributed by atoms with Crippen molar-refractivity contribution in [3.05, 3.63) is 11.5 Å². The molecule has 1 aromatic rings. The van der Waals surface area contributed by atoms with Gasteiger partial charge in [0.15, 0.2) is 0 Å². The van der Waals surface area contributed by atoms with Crippen molar-refractivity contribution in [1.29, 1.82) is 0 Å². The number of imidazole rings is 1. The van der Waals surface area contributed by atoms with Crippen molar-refractivity contribution in [2.45, 2.75) is 26.4 Å². The van der Waals surface area contributed by atoms with Gasteiger partial charge in [0.05, 0.1) is 0 Å². The van der Waals surface area contributed by atoms with E-state index in [2.05, 4.69) is 4.98 Å². The first-order valence-electron chi connectivity index (χ1n) is 3.85. The van der Waals surface area contributed by atoms with Crippen LogP contribution in [0.1, 0.15) is 25.4 Å². The van der Waals surface area contributed by atoms with Gasteiger partial charge in [-0.05, 0) is 20.8 Å². The normalized spacial score (nSPS) is 12.1. The van der Waals surface area contributed by atoms with Crippen molar-refractivity contribution >= 4 is 5.82 Å². The lowest BCUT2D eigenvalue weighted by Gasteiger charge is -2.14. The quantitative estimate of drug-likeness (QED) is 0.645. The summed E-state index contributed by atoms with van der Waals surface area (Å²) >= 11 is 0. The van der Waals surface area contributed by atoms with E-state index in [4.69, 9.17) is 5.73 Å². The molecular weight excluding hydrogens is 154 g/mol. The van der Waals surface area contributed by atoms with Crippen molar-refractivity contribution in [2.24, 2.45) is 7.05 Å². The Bertz CT molecular complexity index is 296. The standard InChI is InChI=1S/C8H15N3O/c1-5-10-6(8(2,3)12)7(9)11(5)4/h12H,9H2,1-4H3. The molecule has 0 spiro atoms. The minimum Gasteiger partial charge on any atom is -0.384 e. The average molecular weight is 169 g/mol. The first-order valence-corrected chi connectivity index (χ1v) is 3.85. The highest BCUT2D eigenvalue weighted by Gasteiger charge is 2.24. The van der Waals surface area contributed by atoms with Gasteiger partial charge in [-0.15, -0.1) is 0 Å². The molecule has 0 aliphatic rings. The Morgan fingerprint density at radius 1 is 1.50 bits per heavy atom. The summed E-state index contributed by atoms with van der Waals surface area (Å²) in [6.45, 7) is 5.20. The van der Waals surface area contributed by atoms with Crippen LogP contribution in [0.3, 0.4) is 0 Å². The van der Waals surface area contributed by atoms with Crippen LogP contribution in [0.15, 0.2) is 0 Å². The van der Waals surface area contributed by atoms with Crippen LogP contribution in [0.25, 0.3) is 0 Å². The van der Waals surface area contributed by atoms with Crippen molar-refractivity contribution in [2.75, 3.05) is 5.73 Å². The number of rotatable bonds is 1. The van der Waals surface area contributed by atoms with Crippen LogP contribution in [0.4, 0.5) is 5.82 Å². The van der Waals surface area contributed by atoms with Crippen LogP contribution in [0, 0.1) is 6.92 Å². The van der Waals surface area contributed by atoms with E-state index in [-0.39, 0.29) is 0 Å². The summed E-state index contributed by atoms with van der Waals surface area (Å²) in [7, 11) is 1.83. The molecule has 0 amide bonds. The molecule has 0 atom stereocenters. The van der Waals surface area contributed by atoms with Crippen molar-refractivity contribution in [3.63, 3.8) is 0 Å². The highest BCUT2D eigenvalue weighted by Crippen LogP contribution is 2.24. The van der Waals surface area contributed by atoms with Crippen LogP contribution >= 0.6 is 0 Å². The maximum atomic E-state index is 9.65. The second-order valence-electron chi connectivity index (χ2n) is 3.51. The number of aryl methyl sites for hydroxylation is 1. The summed E-state index contributed by atoms with van der Waals surface area (Å²) < 4.78 is 1.76. The highest BCUT2D eigenvalue weighted by molar-refractivity contribution is 5.40. The molecule has 1 heterocycles. The van der Waals surface area contributed by atoms with Crippen LogP contribution < -0.4 is 5.73 Å². The van der Waals surface area contributed by atoms with Crippen LogP contribution in [-0.4, -0.2) is 14.7 Å². The summed E-state index contributed by atoms with van der Waals surface area (Å²) in [5, 5.41) is 9.65. The molecular formula is C8H15N3O.